The Hall–Kier alpha value is -0.660. The van der Waals surface area contributed by atoms with E-state index in [1.807, 2.05) is 0 Å². The lowest BCUT2D eigenvalue weighted by Crippen LogP contribution is -2.37. The molecule has 0 aliphatic carbocycles. The van der Waals surface area contributed by atoms with Gasteiger partial charge in [0.25, 0.3) is 0 Å². The molecule has 0 aliphatic heterocycles. The normalized spacial score (nSPS) is 13.0. The summed E-state index contributed by atoms with van der Waals surface area (Å²) in [6, 6.07) is 0. The lowest BCUT2D eigenvalue weighted by atomic mass is 10.1. The summed E-state index contributed by atoms with van der Waals surface area (Å²) in [6.45, 7) is 1.57. The Balaban J connectivity index is 3.70. The van der Waals surface area contributed by atoms with E-state index >= 15 is 0 Å². The number of carbonyl (C=O) groups excluding carboxylic acids is 1. The van der Waals surface area contributed by atoms with E-state index in [0.717, 1.165) is 19.3 Å². The first-order valence-corrected chi connectivity index (χ1v) is 9.99. The first kappa shape index (κ1) is 21.3. The van der Waals surface area contributed by atoms with E-state index in [-0.39, 0.29) is 12.3 Å². The standard InChI is InChI=1S/C15H31NO5S/c1-2-3-4-5-6-7-8-9-10-22(20,21)13-15(19)16-11-14(18)12-17/h14,17-18H,2-13H2,1H3,(H,16,19). The van der Waals surface area contributed by atoms with Gasteiger partial charge in [0, 0.05) is 6.54 Å². The second kappa shape index (κ2) is 12.8. The molecular weight excluding hydrogens is 306 g/mol. The molecule has 0 saturated carbocycles. The van der Waals surface area contributed by atoms with Crippen LogP contribution in [-0.2, 0) is 14.6 Å². The van der Waals surface area contributed by atoms with E-state index in [0.29, 0.717) is 6.42 Å². The highest BCUT2D eigenvalue weighted by Gasteiger charge is 2.16. The first-order valence-electron chi connectivity index (χ1n) is 8.17. The second-order valence-electron chi connectivity index (χ2n) is 5.71. The van der Waals surface area contributed by atoms with Gasteiger partial charge in [-0.05, 0) is 6.42 Å². The van der Waals surface area contributed by atoms with Crippen molar-refractivity contribution in [2.45, 2.75) is 64.4 Å². The van der Waals surface area contributed by atoms with Crippen LogP contribution in [0.5, 0.6) is 0 Å². The molecule has 0 fully saturated rings. The molecule has 0 aliphatic rings. The molecule has 6 nitrogen and oxygen atoms in total. The van der Waals surface area contributed by atoms with Crippen LogP contribution in [0.1, 0.15) is 58.3 Å². The highest BCUT2D eigenvalue weighted by atomic mass is 32.2. The Morgan fingerprint density at radius 3 is 2.14 bits per heavy atom. The van der Waals surface area contributed by atoms with E-state index in [1.54, 1.807) is 0 Å². The van der Waals surface area contributed by atoms with Crippen LogP contribution in [0, 0.1) is 0 Å². The van der Waals surface area contributed by atoms with Gasteiger partial charge in [-0.1, -0.05) is 51.9 Å². The van der Waals surface area contributed by atoms with Crippen LogP contribution in [0.4, 0.5) is 0 Å². The van der Waals surface area contributed by atoms with Crippen LogP contribution in [0.3, 0.4) is 0 Å². The van der Waals surface area contributed by atoms with Crippen molar-refractivity contribution in [3.8, 4) is 0 Å². The quantitative estimate of drug-likeness (QED) is 0.410. The summed E-state index contributed by atoms with van der Waals surface area (Å²) in [6.07, 6.45) is 7.50. The molecule has 1 atom stereocenters. The summed E-state index contributed by atoms with van der Waals surface area (Å²) >= 11 is 0. The molecule has 22 heavy (non-hydrogen) atoms. The van der Waals surface area contributed by atoms with Crippen LogP contribution in [0.2, 0.25) is 0 Å². The summed E-state index contributed by atoms with van der Waals surface area (Å²) in [5.41, 5.74) is 0. The molecule has 132 valence electrons. The number of unbranched alkanes of at least 4 members (excludes halogenated alkanes) is 7. The number of hydrogen-bond acceptors (Lipinski definition) is 5. The smallest absolute Gasteiger partial charge is 0.235 e. The average molecular weight is 337 g/mol. The fourth-order valence-electron chi connectivity index (χ4n) is 2.07. The van der Waals surface area contributed by atoms with Gasteiger partial charge in [0.15, 0.2) is 9.84 Å². The van der Waals surface area contributed by atoms with Crippen LogP contribution in [0.25, 0.3) is 0 Å². The molecule has 0 rings (SSSR count). The molecule has 0 aromatic carbocycles. The minimum absolute atomic E-state index is 0.0257. The number of carbonyl (C=O) groups is 1. The van der Waals surface area contributed by atoms with Crippen LogP contribution < -0.4 is 5.32 Å². The highest BCUT2D eigenvalue weighted by molar-refractivity contribution is 7.92. The summed E-state index contributed by atoms with van der Waals surface area (Å²) in [7, 11) is -3.39. The van der Waals surface area contributed by atoms with E-state index in [4.69, 9.17) is 10.2 Å². The van der Waals surface area contributed by atoms with Crippen molar-refractivity contribution in [2.24, 2.45) is 0 Å². The Morgan fingerprint density at radius 2 is 1.59 bits per heavy atom. The maximum atomic E-state index is 11.8. The average Bonchev–Trinajstić information content (AvgIpc) is 2.47. The number of amides is 1. The van der Waals surface area contributed by atoms with Crippen molar-refractivity contribution >= 4 is 15.7 Å². The Kier molecular flexibility index (Phi) is 12.5. The largest absolute Gasteiger partial charge is 0.394 e. The number of aliphatic hydroxyl groups is 2. The Labute approximate surface area is 134 Å². The summed E-state index contributed by atoms with van der Waals surface area (Å²) < 4.78 is 23.5. The molecule has 0 radical (unpaired) electrons. The fourth-order valence-corrected chi connectivity index (χ4v) is 3.36. The number of sulfone groups is 1. The van der Waals surface area contributed by atoms with E-state index in [1.165, 1.54) is 25.7 Å². The minimum Gasteiger partial charge on any atom is -0.394 e. The SMILES string of the molecule is CCCCCCCCCCS(=O)(=O)CC(=O)NCC(O)CO. The molecule has 7 heteroatoms. The summed E-state index contributed by atoms with van der Waals surface area (Å²) in [4.78, 5) is 11.4. The molecular formula is C15H31NO5S. The van der Waals surface area contributed by atoms with Crippen molar-refractivity contribution in [2.75, 3.05) is 24.7 Å². The van der Waals surface area contributed by atoms with Crippen LogP contribution in [0.15, 0.2) is 0 Å². The Morgan fingerprint density at radius 1 is 1.05 bits per heavy atom. The molecule has 1 amide bonds. The highest BCUT2D eigenvalue weighted by Crippen LogP contribution is 2.09. The number of hydrogen-bond donors (Lipinski definition) is 3. The molecule has 0 saturated heterocycles. The van der Waals surface area contributed by atoms with Gasteiger partial charge in [-0.25, -0.2) is 8.42 Å². The van der Waals surface area contributed by atoms with Crippen molar-refractivity contribution in [1.29, 1.82) is 0 Å². The van der Waals surface area contributed by atoms with Crippen molar-refractivity contribution < 1.29 is 23.4 Å². The molecule has 0 aromatic heterocycles. The van der Waals surface area contributed by atoms with Crippen molar-refractivity contribution in [1.82, 2.24) is 5.32 Å². The van der Waals surface area contributed by atoms with Gasteiger partial charge in [0.1, 0.15) is 5.75 Å². The summed E-state index contributed by atoms with van der Waals surface area (Å²) in [5, 5.41) is 20.0. The van der Waals surface area contributed by atoms with Crippen LogP contribution in [-0.4, -0.2) is 55.3 Å². The van der Waals surface area contributed by atoms with Gasteiger partial charge < -0.3 is 15.5 Å². The lowest BCUT2D eigenvalue weighted by Gasteiger charge is -2.09. The van der Waals surface area contributed by atoms with Crippen molar-refractivity contribution in [3.05, 3.63) is 0 Å². The monoisotopic (exact) mass is 337 g/mol. The third kappa shape index (κ3) is 13.0. The zero-order valence-electron chi connectivity index (χ0n) is 13.6. The molecule has 0 spiro atoms. The Bertz CT molecular complexity index is 383. The van der Waals surface area contributed by atoms with E-state index in [2.05, 4.69) is 12.2 Å². The summed E-state index contributed by atoms with van der Waals surface area (Å²) in [5.74, 6) is -1.16. The van der Waals surface area contributed by atoms with Crippen molar-refractivity contribution in [3.63, 3.8) is 0 Å². The molecule has 1 unspecified atom stereocenters. The van der Waals surface area contributed by atoms with Gasteiger partial charge >= 0.3 is 0 Å². The molecule has 3 N–H and O–H groups in total. The third-order valence-corrected chi connectivity index (χ3v) is 5.02. The predicted molar refractivity (Wildman–Crippen MR) is 87.4 cm³/mol. The number of aliphatic hydroxyl groups excluding tert-OH is 2. The predicted octanol–water partition coefficient (Wildman–Crippen LogP) is 1.01. The minimum atomic E-state index is -3.39. The van der Waals surface area contributed by atoms with E-state index in [9.17, 15) is 13.2 Å². The molecule has 0 aromatic rings. The zero-order chi connectivity index (χ0) is 16.8. The topological polar surface area (TPSA) is 104 Å². The molecule has 0 heterocycles. The van der Waals surface area contributed by atoms with Gasteiger partial charge in [-0.15, -0.1) is 0 Å². The van der Waals surface area contributed by atoms with Gasteiger partial charge in [-0.2, -0.15) is 0 Å². The number of rotatable bonds is 14. The van der Waals surface area contributed by atoms with Gasteiger partial charge in [0.05, 0.1) is 18.5 Å². The lowest BCUT2D eigenvalue weighted by molar-refractivity contribution is -0.119. The second-order valence-corrected chi connectivity index (χ2v) is 7.89. The van der Waals surface area contributed by atoms with Gasteiger partial charge in [-0.3, -0.25) is 4.79 Å². The number of nitrogens with one attached hydrogen (secondary N) is 1. The van der Waals surface area contributed by atoms with Crippen LogP contribution >= 0.6 is 0 Å². The molecule has 0 bridgehead atoms. The third-order valence-electron chi connectivity index (χ3n) is 3.41. The first-order chi connectivity index (χ1) is 10.4. The fraction of sp³-hybridized carbons (Fsp3) is 0.933. The maximum absolute atomic E-state index is 11.8. The maximum Gasteiger partial charge on any atom is 0.235 e. The van der Waals surface area contributed by atoms with E-state index < -0.39 is 34.2 Å². The van der Waals surface area contributed by atoms with Gasteiger partial charge in [0.2, 0.25) is 5.91 Å². The zero-order valence-corrected chi connectivity index (χ0v) is 14.4.